The summed E-state index contributed by atoms with van der Waals surface area (Å²) in [6.07, 6.45) is 4.29. The molecule has 16 heavy (non-hydrogen) atoms. The molecule has 2 aliphatic carbocycles. The molecule has 2 aliphatic rings. The van der Waals surface area contributed by atoms with E-state index in [1.807, 2.05) is 11.8 Å². The fraction of sp³-hybridized carbons (Fsp3) is 0.923. The molecule has 3 unspecified atom stereocenters. The van der Waals surface area contributed by atoms with Crippen LogP contribution in [0.15, 0.2) is 0 Å². The Morgan fingerprint density at radius 2 is 2.00 bits per heavy atom. The van der Waals surface area contributed by atoms with Crippen molar-refractivity contribution in [1.29, 1.82) is 0 Å². The van der Waals surface area contributed by atoms with Gasteiger partial charge in [-0.1, -0.05) is 20.8 Å². The lowest BCUT2D eigenvalue weighted by Crippen LogP contribution is -2.35. The van der Waals surface area contributed by atoms with Crippen molar-refractivity contribution in [2.75, 3.05) is 5.75 Å². The Hall–Kier alpha value is -0.180. The van der Waals surface area contributed by atoms with Gasteiger partial charge in [-0.05, 0) is 36.5 Å². The van der Waals surface area contributed by atoms with E-state index in [-0.39, 0.29) is 0 Å². The van der Waals surface area contributed by atoms with E-state index in [2.05, 4.69) is 20.8 Å². The molecule has 1 N–H and O–H groups in total. The van der Waals surface area contributed by atoms with Gasteiger partial charge in [0.25, 0.3) is 0 Å². The van der Waals surface area contributed by atoms with Gasteiger partial charge in [0.15, 0.2) is 0 Å². The number of carboxylic acids is 1. The Labute approximate surface area is 102 Å². The maximum atomic E-state index is 10.5. The first-order chi connectivity index (χ1) is 7.33. The summed E-state index contributed by atoms with van der Waals surface area (Å²) in [6.45, 7) is 7.12. The molecular formula is C13H22O2S. The molecule has 0 radical (unpaired) electrons. The van der Waals surface area contributed by atoms with Crippen LogP contribution in [0.4, 0.5) is 0 Å². The van der Waals surface area contributed by atoms with Crippen LogP contribution in [0.3, 0.4) is 0 Å². The van der Waals surface area contributed by atoms with Gasteiger partial charge in [-0.15, -0.1) is 0 Å². The highest BCUT2D eigenvalue weighted by atomic mass is 32.2. The van der Waals surface area contributed by atoms with Crippen LogP contribution < -0.4 is 0 Å². The van der Waals surface area contributed by atoms with Gasteiger partial charge in [0.1, 0.15) is 0 Å². The zero-order valence-electron chi connectivity index (χ0n) is 10.5. The second-order valence-electron chi connectivity index (χ2n) is 6.33. The summed E-state index contributed by atoms with van der Waals surface area (Å²) in [4.78, 5) is 10.5. The van der Waals surface area contributed by atoms with Crippen LogP contribution in [0.25, 0.3) is 0 Å². The molecule has 3 heteroatoms. The molecule has 0 aromatic heterocycles. The minimum Gasteiger partial charge on any atom is -0.481 e. The van der Waals surface area contributed by atoms with E-state index < -0.39 is 5.97 Å². The highest BCUT2D eigenvalue weighted by Gasteiger charge is 2.55. The average Bonchev–Trinajstić information content (AvgIpc) is 2.56. The first-order valence-corrected chi connectivity index (χ1v) is 7.18. The predicted octanol–water partition coefficient (Wildman–Crippen LogP) is 3.41. The van der Waals surface area contributed by atoms with Crippen LogP contribution in [0, 0.1) is 17.3 Å². The molecule has 0 amide bonds. The van der Waals surface area contributed by atoms with Gasteiger partial charge in [0.05, 0.1) is 6.42 Å². The molecule has 0 spiro atoms. The lowest BCUT2D eigenvalue weighted by atomic mass is 9.73. The highest BCUT2D eigenvalue weighted by Crippen LogP contribution is 2.63. The minimum absolute atomic E-state index is 0.307. The van der Waals surface area contributed by atoms with Crippen molar-refractivity contribution in [2.45, 2.75) is 51.2 Å². The molecule has 0 heterocycles. The summed E-state index contributed by atoms with van der Waals surface area (Å²) in [7, 11) is 0. The number of thioether (sulfide) groups is 1. The topological polar surface area (TPSA) is 37.3 Å². The van der Waals surface area contributed by atoms with Crippen LogP contribution in [-0.4, -0.2) is 21.6 Å². The second-order valence-corrected chi connectivity index (χ2v) is 7.96. The molecular weight excluding hydrogens is 220 g/mol. The van der Waals surface area contributed by atoms with Gasteiger partial charge < -0.3 is 5.11 Å². The summed E-state index contributed by atoms with van der Waals surface area (Å²) < 4.78 is 0.357. The minimum atomic E-state index is -0.667. The first-order valence-electron chi connectivity index (χ1n) is 6.19. The largest absolute Gasteiger partial charge is 0.481 e. The van der Waals surface area contributed by atoms with Gasteiger partial charge in [-0.2, -0.15) is 11.8 Å². The molecule has 2 saturated carbocycles. The van der Waals surface area contributed by atoms with E-state index in [4.69, 9.17) is 5.11 Å². The molecule has 2 bridgehead atoms. The number of hydrogen-bond acceptors (Lipinski definition) is 2. The number of hydrogen-bond donors (Lipinski definition) is 1. The average molecular weight is 242 g/mol. The third kappa shape index (κ3) is 2.11. The van der Waals surface area contributed by atoms with Crippen LogP contribution in [-0.2, 0) is 4.79 Å². The third-order valence-corrected chi connectivity index (χ3v) is 6.28. The van der Waals surface area contributed by atoms with Crippen LogP contribution in [0.5, 0.6) is 0 Å². The molecule has 0 saturated heterocycles. The Morgan fingerprint density at radius 1 is 1.31 bits per heavy atom. The van der Waals surface area contributed by atoms with Crippen LogP contribution in [0.2, 0.25) is 0 Å². The van der Waals surface area contributed by atoms with Crippen molar-refractivity contribution >= 4 is 17.7 Å². The lowest BCUT2D eigenvalue weighted by Gasteiger charge is -2.40. The summed E-state index contributed by atoms with van der Waals surface area (Å²) in [5.74, 6) is 1.78. The third-order valence-electron chi connectivity index (χ3n) is 4.71. The number of carboxylic acid groups (broad SMARTS) is 1. The number of aliphatic carboxylic acids is 1. The Balaban J connectivity index is 1.90. The molecule has 2 fully saturated rings. The van der Waals surface area contributed by atoms with Crippen molar-refractivity contribution in [3.05, 3.63) is 0 Å². The lowest BCUT2D eigenvalue weighted by molar-refractivity contribution is -0.136. The van der Waals surface area contributed by atoms with Crippen LogP contribution in [0.1, 0.15) is 46.5 Å². The maximum Gasteiger partial charge on any atom is 0.304 e. The molecule has 0 aromatic carbocycles. The van der Waals surface area contributed by atoms with E-state index >= 15 is 0 Å². The molecule has 0 aromatic rings. The molecule has 0 aliphatic heterocycles. The van der Waals surface area contributed by atoms with Crippen LogP contribution >= 0.6 is 11.8 Å². The summed E-state index contributed by atoms with van der Waals surface area (Å²) in [5.41, 5.74) is 0.525. The standard InChI is InChI=1S/C13H22O2S/c1-12(2)7-10-6-9(12)8-13(10,3)16-5-4-11(14)15/h9-10H,4-8H2,1-3H3,(H,14,15). The second kappa shape index (κ2) is 3.94. The molecule has 3 atom stereocenters. The monoisotopic (exact) mass is 242 g/mol. The summed E-state index contributed by atoms with van der Waals surface area (Å²) >= 11 is 1.90. The smallest absolute Gasteiger partial charge is 0.304 e. The van der Waals surface area contributed by atoms with E-state index in [1.165, 1.54) is 19.3 Å². The SMILES string of the molecule is CC1(C)CC2CC1CC2(C)SCCC(=O)O. The van der Waals surface area contributed by atoms with Gasteiger partial charge in [0.2, 0.25) is 0 Å². The van der Waals surface area contributed by atoms with Gasteiger partial charge >= 0.3 is 5.97 Å². The maximum absolute atomic E-state index is 10.5. The fourth-order valence-electron chi connectivity index (χ4n) is 3.58. The molecule has 2 rings (SSSR count). The fourth-order valence-corrected chi connectivity index (χ4v) is 5.05. The Morgan fingerprint density at radius 3 is 2.44 bits per heavy atom. The van der Waals surface area contributed by atoms with Crippen molar-refractivity contribution in [3.63, 3.8) is 0 Å². The van der Waals surface area contributed by atoms with Crippen molar-refractivity contribution < 1.29 is 9.90 Å². The molecule has 92 valence electrons. The van der Waals surface area contributed by atoms with E-state index in [0.717, 1.165) is 17.6 Å². The van der Waals surface area contributed by atoms with Crippen molar-refractivity contribution in [2.24, 2.45) is 17.3 Å². The summed E-state index contributed by atoms with van der Waals surface area (Å²) in [5, 5.41) is 8.67. The number of rotatable bonds is 4. The zero-order chi connectivity index (χ0) is 12.0. The van der Waals surface area contributed by atoms with E-state index in [0.29, 0.717) is 16.6 Å². The van der Waals surface area contributed by atoms with E-state index in [9.17, 15) is 4.79 Å². The van der Waals surface area contributed by atoms with Gasteiger partial charge in [-0.25, -0.2) is 0 Å². The van der Waals surface area contributed by atoms with Crippen molar-refractivity contribution in [1.82, 2.24) is 0 Å². The van der Waals surface area contributed by atoms with E-state index in [1.54, 1.807) is 0 Å². The molecule has 2 nitrogen and oxygen atoms in total. The quantitative estimate of drug-likeness (QED) is 0.821. The zero-order valence-corrected chi connectivity index (χ0v) is 11.3. The first kappa shape index (κ1) is 12.3. The predicted molar refractivity (Wildman–Crippen MR) is 67.7 cm³/mol. The Bertz CT molecular complexity index is 300. The number of fused-ring (bicyclic) bond motifs is 2. The normalized spacial score (nSPS) is 40.2. The van der Waals surface area contributed by atoms with Gasteiger partial charge in [-0.3, -0.25) is 4.79 Å². The summed E-state index contributed by atoms with van der Waals surface area (Å²) in [6, 6.07) is 0. The van der Waals surface area contributed by atoms with Crippen molar-refractivity contribution in [3.8, 4) is 0 Å². The highest BCUT2D eigenvalue weighted by molar-refractivity contribution is 8.00. The number of carbonyl (C=O) groups is 1. The Kier molecular flexibility index (Phi) is 3.02. The van der Waals surface area contributed by atoms with Gasteiger partial charge in [0, 0.05) is 10.5 Å².